The second kappa shape index (κ2) is 4.61. The van der Waals surface area contributed by atoms with E-state index in [1.54, 1.807) is 0 Å². The summed E-state index contributed by atoms with van der Waals surface area (Å²) in [4.78, 5) is 10.7. The standard InChI is InChI=1S/C9H7ClF3NO2/c1-5(15)14-8-3-2-6(4-7(8)10)16-9(11,12)13/h2-4H,1H3,(H,14,15). The Morgan fingerprint density at radius 1 is 1.44 bits per heavy atom. The van der Waals surface area contributed by atoms with Gasteiger partial charge in [0.05, 0.1) is 10.7 Å². The summed E-state index contributed by atoms with van der Waals surface area (Å²) in [7, 11) is 0. The summed E-state index contributed by atoms with van der Waals surface area (Å²) >= 11 is 5.64. The molecular formula is C9H7ClF3NO2. The largest absolute Gasteiger partial charge is 0.573 e. The van der Waals surface area contributed by atoms with Gasteiger partial charge in [0.1, 0.15) is 5.75 Å². The van der Waals surface area contributed by atoms with Gasteiger partial charge in [0.15, 0.2) is 0 Å². The van der Waals surface area contributed by atoms with Crippen LogP contribution in [0.25, 0.3) is 0 Å². The van der Waals surface area contributed by atoms with Gasteiger partial charge in [0.2, 0.25) is 5.91 Å². The zero-order valence-corrected chi connectivity index (χ0v) is 8.82. The van der Waals surface area contributed by atoms with E-state index in [2.05, 4.69) is 10.1 Å². The Morgan fingerprint density at radius 3 is 2.50 bits per heavy atom. The van der Waals surface area contributed by atoms with Crippen molar-refractivity contribution in [2.24, 2.45) is 0 Å². The number of carbonyl (C=O) groups is 1. The van der Waals surface area contributed by atoms with Crippen molar-refractivity contribution < 1.29 is 22.7 Å². The lowest BCUT2D eigenvalue weighted by Gasteiger charge is -2.10. The molecule has 1 amide bonds. The number of alkyl halides is 3. The molecule has 0 fully saturated rings. The van der Waals surface area contributed by atoms with Gasteiger partial charge in [-0.2, -0.15) is 0 Å². The molecule has 0 saturated heterocycles. The Kier molecular flexibility index (Phi) is 3.64. The summed E-state index contributed by atoms with van der Waals surface area (Å²) in [5.74, 6) is -0.807. The fourth-order valence-electron chi connectivity index (χ4n) is 0.984. The van der Waals surface area contributed by atoms with Gasteiger partial charge in [-0.15, -0.1) is 13.2 Å². The highest BCUT2D eigenvalue weighted by Gasteiger charge is 2.31. The number of amides is 1. The normalized spacial score (nSPS) is 11.1. The zero-order valence-electron chi connectivity index (χ0n) is 8.06. The Labute approximate surface area is 94.2 Å². The Morgan fingerprint density at radius 2 is 2.06 bits per heavy atom. The van der Waals surface area contributed by atoms with Crippen LogP contribution in [-0.2, 0) is 4.79 Å². The zero-order chi connectivity index (χ0) is 12.3. The number of rotatable bonds is 2. The van der Waals surface area contributed by atoms with Gasteiger partial charge in [-0.1, -0.05) is 11.6 Å². The van der Waals surface area contributed by atoms with Gasteiger partial charge < -0.3 is 10.1 Å². The topological polar surface area (TPSA) is 38.3 Å². The number of anilines is 1. The van der Waals surface area contributed by atoms with E-state index in [-0.39, 0.29) is 16.6 Å². The minimum Gasteiger partial charge on any atom is -0.406 e. The van der Waals surface area contributed by atoms with E-state index in [1.807, 2.05) is 0 Å². The molecule has 0 atom stereocenters. The summed E-state index contributed by atoms with van der Waals surface area (Å²) < 4.78 is 39.2. The SMILES string of the molecule is CC(=O)Nc1ccc(OC(F)(F)F)cc1Cl. The average molecular weight is 254 g/mol. The molecular weight excluding hydrogens is 247 g/mol. The summed E-state index contributed by atoms with van der Waals surface area (Å²) in [6.45, 7) is 1.26. The second-order valence-electron chi connectivity index (χ2n) is 2.87. The predicted molar refractivity (Wildman–Crippen MR) is 52.4 cm³/mol. The lowest BCUT2D eigenvalue weighted by atomic mass is 10.3. The first-order valence-electron chi connectivity index (χ1n) is 4.11. The van der Waals surface area contributed by atoms with E-state index in [4.69, 9.17) is 11.6 Å². The van der Waals surface area contributed by atoms with Crippen molar-refractivity contribution >= 4 is 23.2 Å². The average Bonchev–Trinajstić information content (AvgIpc) is 2.06. The van der Waals surface area contributed by atoms with E-state index in [0.717, 1.165) is 12.1 Å². The van der Waals surface area contributed by atoms with Gasteiger partial charge in [0, 0.05) is 13.0 Å². The molecule has 0 aliphatic carbocycles. The van der Waals surface area contributed by atoms with Gasteiger partial charge in [-0.3, -0.25) is 4.79 Å². The molecule has 0 spiro atoms. The third-order valence-electron chi connectivity index (χ3n) is 1.48. The van der Waals surface area contributed by atoms with Crippen molar-refractivity contribution in [1.82, 2.24) is 0 Å². The molecule has 0 radical (unpaired) electrons. The smallest absolute Gasteiger partial charge is 0.406 e. The number of ether oxygens (including phenoxy) is 1. The van der Waals surface area contributed by atoms with Crippen LogP contribution in [0.2, 0.25) is 5.02 Å². The monoisotopic (exact) mass is 253 g/mol. The Hall–Kier alpha value is -1.43. The van der Waals surface area contributed by atoms with Crippen molar-refractivity contribution in [1.29, 1.82) is 0 Å². The Bertz CT molecular complexity index is 406. The van der Waals surface area contributed by atoms with E-state index in [9.17, 15) is 18.0 Å². The predicted octanol–water partition coefficient (Wildman–Crippen LogP) is 3.20. The molecule has 1 rings (SSSR count). The van der Waals surface area contributed by atoms with Gasteiger partial charge >= 0.3 is 6.36 Å². The molecule has 1 aromatic rings. The Balaban J connectivity index is 2.87. The first-order chi connectivity index (χ1) is 7.28. The molecule has 0 aliphatic heterocycles. The van der Waals surface area contributed by atoms with Crippen LogP contribution in [0.15, 0.2) is 18.2 Å². The third kappa shape index (κ3) is 3.98. The van der Waals surface area contributed by atoms with Gasteiger partial charge in [0.25, 0.3) is 0 Å². The van der Waals surface area contributed by atoms with Crippen LogP contribution >= 0.6 is 11.6 Å². The van der Waals surface area contributed by atoms with Crippen LogP contribution in [0.5, 0.6) is 5.75 Å². The van der Waals surface area contributed by atoms with Crippen molar-refractivity contribution in [3.8, 4) is 5.75 Å². The van der Waals surface area contributed by atoms with E-state index < -0.39 is 12.1 Å². The number of hydrogen-bond acceptors (Lipinski definition) is 2. The molecule has 0 saturated carbocycles. The van der Waals surface area contributed by atoms with Crippen LogP contribution in [0.4, 0.5) is 18.9 Å². The molecule has 88 valence electrons. The molecule has 1 aromatic carbocycles. The van der Waals surface area contributed by atoms with E-state index in [1.165, 1.54) is 13.0 Å². The molecule has 0 bridgehead atoms. The molecule has 0 aliphatic rings. The van der Waals surface area contributed by atoms with Crippen LogP contribution in [0.3, 0.4) is 0 Å². The summed E-state index contributed by atoms with van der Waals surface area (Å²) in [5.41, 5.74) is 0.226. The second-order valence-corrected chi connectivity index (χ2v) is 3.28. The molecule has 16 heavy (non-hydrogen) atoms. The number of nitrogens with one attached hydrogen (secondary N) is 1. The molecule has 0 aromatic heterocycles. The third-order valence-corrected chi connectivity index (χ3v) is 1.80. The van der Waals surface area contributed by atoms with Crippen LogP contribution in [-0.4, -0.2) is 12.3 Å². The van der Waals surface area contributed by atoms with E-state index >= 15 is 0 Å². The highest BCUT2D eigenvalue weighted by Crippen LogP contribution is 2.30. The molecule has 0 unspecified atom stereocenters. The van der Waals surface area contributed by atoms with Crippen molar-refractivity contribution in [2.45, 2.75) is 13.3 Å². The highest BCUT2D eigenvalue weighted by molar-refractivity contribution is 6.33. The quantitative estimate of drug-likeness (QED) is 0.879. The van der Waals surface area contributed by atoms with Gasteiger partial charge in [-0.25, -0.2) is 0 Å². The van der Waals surface area contributed by atoms with Gasteiger partial charge in [-0.05, 0) is 12.1 Å². The lowest BCUT2D eigenvalue weighted by molar-refractivity contribution is -0.274. The maximum absolute atomic E-state index is 11.8. The molecule has 3 nitrogen and oxygen atoms in total. The molecule has 1 N–H and O–H groups in total. The summed E-state index contributed by atoms with van der Waals surface area (Å²) in [5, 5.41) is 2.32. The fourth-order valence-corrected chi connectivity index (χ4v) is 1.20. The summed E-state index contributed by atoms with van der Waals surface area (Å²) in [6.07, 6.45) is -4.77. The maximum atomic E-state index is 11.8. The minimum atomic E-state index is -4.77. The van der Waals surface area contributed by atoms with Crippen LogP contribution < -0.4 is 10.1 Å². The number of halogens is 4. The van der Waals surface area contributed by atoms with Crippen LogP contribution in [0.1, 0.15) is 6.92 Å². The minimum absolute atomic E-state index is 0.0306. The van der Waals surface area contributed by atoms with Crippen molar-refractivity contribution in [3.63, 3.8) is 0 Å². The highest BCUT2D eigenvalue weighted by atomic mass is 35.5. The molecule has 7 heteroatoms. The first-order valence-corrected chi connectivity index (χ1v) is 4.48. The lowest BCUT2D eigenvalue weighted by Crippen LogP contribution is -2.17. The summed E-state index contributed by atoms with van der Waals surface area (Å²) in [6, 6.07) is 3.26. The first kappa shape index (κ1) is 12.6. The fraction of sp³-hybridized carbons (Fsp3) is 0.222. The molecule has 0 heterocycles. The number of benzene rings is 1. The number of carbonyl (C=O) groups excluding carboxylic acids is 1. The van der Waals surface area contributed by atoms with Crippen molar-refractivity contribution in [2.75, 3.05) is 5.32 Å². The van der Waals surface area contributed by atoms with Crippen LogP contribution in [0, 0.1) is 0 Å². The maximum Gasteiger partial charge on any atom is 0.573 e. The number of hydrogen-bond donors (Lipinski definition) is 1. The van der Waals surface area contributed by atoms with Crippen molar-refractivity contribution in [3.05, 3.63) is 23.2 Å². The van der Waals surface area contributed by atoms with E-state index in [0.29, 0.717) is 0 Å².